The van der Waals surface area contributed by atoms with Crippen molar-refractivity contribution in [3.8, 4) is 0 Å². The van der Waals surface area contributed by atoms with Crippen molar-refractivity contribution in [1.29, 1.82) is 0 Å². The lowest BCUT2D eigenvalue weighted by Crippen LogP contribution is -2.35. The third kappa shape index (κ3) is 2.76. The molecule has 0 heterocycles. The lowest BCUT2D eigenvalue weighted by Gasteiger charge is -2.23. The van der Waals surface area contributed by atoms with E-state index < -0.39 is 11.5 Å². The molecule has 1 aromatic carbocycles. The Balaban J connectivity index is 3.04. The smallest absolute Gasteiger partial charge is 0.305 e. The van der Waals surface area contributed by atoms with E-state index in [1.807, 2.05) is 0 Å². The summed E-state index contributed by atoms with van der Waals surface area (Å²) in [5.74, 6) is -1.29. The molecule has 0 saturated heterocycles. The fourth-order valence-corrected chi connectivity index (χ4v) is 1.42. The van der Waals surface area contributed by atoms with Crippen LogP contribution in [0.15, 0.2) is 18.2 Å². The first-order valence-corrected chi connectivity index (χ1v) is 4.60. The Kier molecular flexibility index (Phi) is 3.09. The number of aryl methyl sites for hydroxylation is 1. The Morgan fingerprint density at radius 3 is 2.67 bits per heavy atom. The molecule has 0 aliphatic heterocycles. The predicted molar refractivity (Wildman–Crippen MR) is 54.9 cm³/mol. The molecule has 0 bridgehead atoms. The van der Waals surface area contributed by atoms with E-state index in [4.69, 9.17) is 10.8 Å². The monoisotopic (exact) mass is 211 g/mol. The minimum atomic E-state index is -0.970. The number of hydrogen-bond acceptors (Lipinski definition) is 2. The van der Waals surface area contributed by atoms with Gasteiger partial charge in [0.1, 0.15) is 5.82 Å². The van der Waals surface area contributed by atoms with Crippen LogP contribution >= 0.6 is 0 Å². The van der Waals surface area contributed by atoms with Crippen LogP contribution < -0.4 is 5.73 Å². The minimum absolute atomic E-state index is 0.182. The summed E-state index contributed by atoms with van der Waals surface area (Å²) in [7, 11) is 0. The first-order chi connectivity index (χ1) is 6.83. The molecule has 3 nitrogen and oxygen atoms in total. The highest BCUT2D eigenvalue weighted by Gasteiger charge is 2.25. The van der Waals surface area contributed by atoms with Crippen molar-refractivity contribution in [2.75, 3.05) is 0 Å². The first kappa shape index (κ1) is 11.7. The van der Waals surface area contributed by atoms with Crippen molar-refractivity contribution in [1.82, 2.24) is 0 Å². The van der Waals surface area contributed by atoms with Gasteiger partial charge in [0.05, 0.1) is 6.42 Å². The lowest BCUT2D eigenvalue weighted by molar-refractivity contribution is -0.138. The second-order valence-electron chi connectivity index (χ2n) is 3.95. The summed E-state index contributed by atoms with van der Waals surface area (Å²) in [6.07, 6.45) is -0.182. The molecule has 3 N–H and O–H groups in total. The van der Waals surface area contributed by atoms with Gasteiger partial charge in [-0.3, -0.25) is 4.79 Å². The molecule has 0 aliphatic rings. The van der Waals surface area contributed by atoms with Crippen molar-refractivity contribution in [3.05, 3.63) is 35.1 Å². The summed E-state index contributed by atoms with van der Waals surface area (Å²) < 4.78 is 13.0. The molecule has 4 heteroatoms. The summed E-state index contributed by atoms with van der Waals surface area (Å²) >= 11 is 0. The van der Waals surface area contributed by atoms with Crippen molar-refractivity contribution in [3.63, 3.8) is 0 Å². The maximum atomic E-state index is 13.0. The quantitative estimate of drug-likeness (QED) is 0.801. The highest BCUT2D eigenvalue weighted by atomic mass is 19.1. The second kappa shape index (κ2) is 3.98. The molecule has 0 aliphatic carbocycles. The number of carbonyl (C=O) groups is 1. The van der Waals surface area contributed by atoms with Crippen molar-refractivity contribution < 1.29 is 14.3 Å². The third-order valence-electron chi connectivity index (χ3n) is 2.34. The van der Waals surface area contributed by atoms with Crippen LogP contribution in [0.1, 0.15) is 24.5 Å². The molecule has 0 fully saturated rings. The Morgan fingerprint density at radius 2 is 2.20 bits per heavy atom. The highest BCUT2D eigenvalue weighted by Crippen LogP contribution is 2.23. The molecule has 1 atom stereocenters. The van der Waals surface area contributed by atoms with Crippen LogP contribution in [0.2, 0.25) is 0 Å². The molecule has 0 amide bonds. The number of halogens is 1. The zero-order chi connectivity index (χ0) is 11.6. The summed E-state index contributed by atoms with van der Waals surface area (Å²) in [6.45, 7) is 3.24. The van der Waals surface area contributed by atoms with Gasteiger partial charge in [-0.25, -0.2) is 4.39 Å². The Morgan fingerprint density at radius 1 is 1.60 bits per heavy atom. The van der Waals surface area contributed by atoms with Gasteiger partial charge in [0, 0.05) is 5.54 Å². The fourth-order valence-electron chi connectivity index (χ4n) is 1.42. The average Bonchev–Trinajstić information content (AvgIpc) is 2.07. The Bertz CT molecular complexity index is 388. The number of nitrogens with two attached hydrogens (primary N) is 1. The summed E-state index contributed by atoms with van der Waals surface area (Å²) in [5.41, 5.74) is 5.98. The standard InChI is InChI=1S/C11H14FNO2/c1-7-5-8(3-4-9(7)12)11(2,13)6-10(14)15/h3-5H,6,13H2,1-2H3,(H,14,15). The van der Waals surface area contributed by atoms with Crippen LogP contribution in [-0.2, 0) is 10.3 Å². The third-order valence-corrected chi connectivity index (χ3v) is 2.34. The normalized spacial score (nSPS) is 14.7. The van der Waals surface area contributed by atoms with Crippen LogP contribution in [0.4, 0.5) is 4.39 Å². The first-order valence-electron chi connectivity index (χ1n) is 4.60. The van der Waals surface area contributed by atoms with Gasteiger partial charge in [-0.2, -0.15) is 0 Å². The van der Waals surface area contributed by atoms with Crippen LogP contribution in [0.5, 0.6) is 0 Å². The van der Waals surface area contributed by atoms with E-state index in [0.29, 0.717) is 11.1 Å². The second-order valence-corrected chi connectivity index (χ2v) is 3.95. The largest absolute Gasteiger partial charge is 0.481 e. The van der Waals surface area contributed by atoms with Crippen LogP contribution in [0, 0.1) is 12.7 Å². The summed E-state index contributed by atoms with van der Waals surface area (Å²) in [6, 6.07) is 4.40. The van der Waals surface area contributed by atoms with Gasteiger partial charge < -0.3 is 10.8 Å². The number of aliphatic carboxylic acids is 1. The number of carboxylic acid groups (broad SMARTS) is 1. The predicted octanol–water partition coefficient (Wildman–Crippen LogP) is 1.78. The molecule has 0 radical (unpaired) electrons. The SMILES string of the molecule is Cc1cc(C(C)(N)CC(=O)O)ccc1F. The van der Waals surface area contributed by atoms with E-state index in [1.54, 1.807) is 19.9 Å². The minimum Gasteiger partial charge on any atom is -0.481 e. The molecule has 0 aromatic heterocycles. The molecule has 0 saturated carbocycles. The summed E-state index contributed by atoms with van der Waals surface area (Å²) in [4.78, 5) is 10.6. The number of hydrogen-bond donors (Lipinski definition) is 2. The summed E-state index contributed by atoms with van der Waals surface area (Å²) in [5, 5.41) is 8.68. The van der Waals surface area contributed by atoms with E-state index >= 15 is 0 Å². The molecule has 82 valence electrons. The molecule has 1 aromatic rings. The van der Waals surface area contributed by atoms with E-state index in [1.165, 1.54) is 12.1 Å². The Labute approximate surface area is 87.7 Å². The van der Waals surface area contributed by atoms with E-state index in [9.17, 15) is 9.18 Å². The fraction of sp³-hybridized carbons (Fsp3) is 0.364. The maximum Gasteiger partial charge on any atom is 0.305 e. The van der Waals surface area contributed by atoms with Gasteiger partial charge in [-0.15, -0.1) is 0 Å². The van der Waals surface area contributed by atoms with Gasteiger partial charge in [-0.1, -0.05) is 12.1 Å². The molecule has 1 unspecified atom stereocenters. The maximum absolute atomic E-state index is 13.0. The van der Waals surface area contributed by atoms with E-state index in [2.05, 4.69) is 0 Å². The van der Waals surface area contributed by atoms with Gasteiger partial charge in [-0.05, 0) is 31.0 Å². The van der Waals surface area contributed by atoms with Crippen LogP contribution in [0.25, 0.3) is 0 Å². The highest BCUT2D eigenvalue weighted by molar-refractivity contribution is 5.68. The number of benzene rings is 1. The van der Waals surface area contributed by atoms with Crippen molar-refractivity contribution in [2.24, 2.45) is 5.73 Å². The van der Waals surface area contributed by atoms with Crippen molar-refractivity contribution in [2.45, 2.75) is 25.8 Å². The van der Waals surface area contributed by atoms with Gasteiger partial charge in [0.15, 0.2) is 0 Å². The molecule has 15 heavy (non-hydrogen) atoms. The number of rotatable bonds is 3. The van der Waals surface area contributed by atoms with E-state index in [0.717, 1.165) is 0 Å². The van der Waals surface area contributed by atoms with Crippen LogP contribution in [0.3, 0.4) is 0 Å². The molecule has 0 spiro atoms. The van der Waals surface area contributed by atoms with E-state index in [-0.39, 0.29) is 12.2 Å². The van der Waals surface area contributed by atoms with Gasteiger partial charge >= 0.3 is 5.97 Å². The lowest BCUT2D eigenvalue weighted by atomic mass is 9.89. The molecule has 1 rings (SSSR count). The Hall–Kier alpha value is -1.42. The van der Waals surface area contributed by atoms with Crippen molar-refractivity contribution >= 4 is 5.97 Å². The van der Waals surface area contributed by atoms with Gasteiger partial charge in [0.2, 0.25) is 0 Å². The topological polar surface area (TPSA) is 63.3 Å². The zero-order valence-electron chi connectivity index (χ0n) is 8.75. The average molecular weight is 211 g/mol. The van der Waals surface area contributed by atoms with Crippen LogP contribution in [-0.4, -0.2) is 11.1 Å². The van der Waals surface area contributed by atoms with Gasteiger partial charge in [0.25, 0.3) is 0 Å². The zero-order valence-corrected chi connectivity index (χ0v) is 8.75. The number of carboxylic acids is 1. The molecular weight excluding hydrogens is 197 g/mol. The molecular formula is C11H14FNO2.